The third-order valence-corrected chi connectivity index (χ3v) is 3.40. The van der Waals surface area contributed by atoms with E-state index in [-0.39, 0.29) is 0 Å². The predicted octanol–water partition coefficient (Wildman–Crippen LogP) is 3.18. The van der Waals surface area contributed by atoms with E-state index in [0.29, 0.717) is 12.0 Å². The first kappa shape index (κ1) is 11.0. The van der Waals surface area contributed by atoms with Gasteiger partial charge in [-0.2, -0.15) is 5.26 Å². The molecule has 1 unspecified atom stereocenters. The molecule has 1 heterocycles. The zero-order valence-corrected chi connectivity index (χ0v) is 9.98. The van der Waals surface area contributed by atoms with Gasteiger partial charge in [0.2, 0.25) is 0 Å². The number of rotatable bonds is 2. The van der Waals surface area contributed by atoms with Crippen molar-refractivity contribution in [2.24, 2.45) is 5.92 Å². The van der Waals surface area contributed by atoms with Crippen molar-refractivity contribution in [3.05, 3.63) is 29.8 Å². The van der Waals surface area contributed by atoms with Crippen molar-refractivity contribution in [3.8, 4) is 6.07 Å². The number of hydrogen-bond acceptors (Lipinski definition) is 2. The van der Waals surface area contributed by atoms with Crippen LogP contribution in [-0.2, 0) is 0 Å². The average molecular weight is 214 g/mol. The third kappa shape index (κ3) is 1.90. The maximum absolute atomic E-state index is 9.13. The van der Waals surface area contributed by atoms with Crippen LogP contribution in [0.3, 0.4) is 0 Å². The number of anilines is 1. The van der Waals surface area contributed by atoms with E-state index in [0.717, 1.165) is 17.8 Å². The van der Waals surface area contributed by atoms with Gasteiger partial charge in [-0.25, -0.2) is 0 Å². The first-order chi connectivity index (χ1) is 7.74. The van der Waals surface area contributed by atoms with Crippen LogP contribution in [0.15, 0.2) is 24.3 Å². The Labute approximate surface area is 97.5 Å². The summed E-state index contributed by atoms with van der Waals surface area (Å²) in [5, 5.41) is 9.13. The third-order valence-electron chi connectivity index (χ3n) is 3.40. The van der Waals surface area contributed by atoms with Crippen molar-refractivity contribution >= 4 is 5.69 Å². The fraction of sp³-hybridized carbons (Fsp3) is 0.500. The fourth-order valence-corrected chi connectivity index (χ4v) is 2.60. The van der Waals surface area contributed by atoms with E-state index in [1.165, 1.54) is 12.8 Å². The fourth-order valence-electron chi connectivity index (χ4n) is 2.60. The van der Waals surface area contributed by atoms with Crippen molar-refractivity contribution in [2.45, 2.75) is 32.7 Å². The summed E-state index contributed by atoms with van der Waals surface area (Å²) in [4.78, 5) is 2.41. The van der Waals surface area contributed by atoms with Crippen LogP contribution in [0, 0.1) is 17.2 Å². The van der Waals surface area contributed by atoms with Crippen molar-refractivity contribution < 1.29 is 0 Å². The van der Waals surface area contributed by atoms with Crippen molar-refractivity contribution in [2.75, 3.05) is 11.4 Å². The molecule has 0 bridgehead atoms. The summed E-state index contributed by atoms with van der Waals surface area (Å²) in [5.74, 6) is 0.647. The first-order valence-corrected chi connectivity index (χ1v) is 6.00. The monoisotopic (exact) mass is 214 g/mol. The van der Waals surface area contributed by atoms with Crippen molar-refractivity contribution in [1.82, 2.24) is 0 Å². The lowest BCUT2D eigenvalue weighted by Crippen LogP contribution is -2.33. The van der Waals surface area contributed by atoms with Crippen LogP contribution >= 0.6 is 0 Å². The van der Waals surface area contributed by atoms with Gasteiger partial charge in [0.15, 0.2) is 0 Å². The molecule has 0 N–H and O–H groups in total. The normalized spacial score (nSPS) is 20.1. The summed E-state index contributed by atoms with van der Waals surface area (Å²) < 4.78 is 0. The van der Waals surface area contributed by atoms with Crippen LogP contribution in [0.5, 0.6) is 0 Å². The lowest BCUT2D eigenvalue weighted by molar-refractivity contribution is 0.492. The molecule has 0 aromatic heterocycles. The largest absolute Gasteiger partial charge is 0.367 e. The molecule has 1 atom stereocenters. The quantitative estimate of drug-likeness (QED) is 0.756. The van der Waals surface area contributed by atoms with Crippen LogP contribution in [0.25, 0.3) is 0 Å². The lowest BCUT2D eigenvalue weighted by Gasteiger charge is -2.30. The summed E-state index contributed by atoms with van der Waals surface area (Å²) in [7, 11) is 0. The molecule has 0 saturated carbocycles. The van der Waals surface area contributed by atoms with Gasteiger partial charge in [0.25, 0.3) is 0 Å². The zero-order valence-electron chi connectivity index (χ0n) is 9.98. The molecule has 1 aliphatic rings. The second-order valence-electron chi connectivity index (χ2n) is 4.78. The smallest absolute Gasteiger partial charge is 0.101 e. The summed E-state index contributed by atoms with van der Waals surface area (Å²) in [6, 6.07) is 10.8. The minimum atomic E-state index is 0.592. The van der Waals surface area contributed by atoms with Gasteiger partial charge in [-0.15, -0.1) is 0 Å². The topological polar surface area (TPSA) is 27.0 Å². The van der Waals surface area contributed by atoms with Crippen molar-refractivity contribution in [1.29, 1.82) is 5.26 Å². The average Bonchev–Trinajstić information content (AvgIpc) is 2.77. The van der Waals surface area contributed by atoms with E-state index in [1.54, 1.807) is 0 Å². The van der Waals surface area contributed by atoms with Crippen LogP contribution in [0.1, 0.15) is 32.3 Å². The SMILES string of the molecule is CC(C)C1CCCN1c1ccccc1C#N. The Bertz CT molecular complexity index is 403. The zero-order chi connectivity index (χ0) is 11.5. The van der Waals surface area contributed by atoms with E-state index >= 15 is 0 Å². The van der Waals surface area contributed by atoms with Crippen LogP contribution in [0.4, 0.5) is 5.69 Å². The molecular formula is C14H18N2. The first-order valence-electron chi connectivity index (χ1n) is 6.00. The molecule has 2 heteroatoms. The molecule has 0 radical (unpaired) electrons. The predicted molar refractivity (Wildman–Crippen MR) is 66.4 cm³/mol. The van der Waals surface area contributed by atoms with Gasteiger partial charge in [-0.3, -0.25) is 0 Å². The summed E-state index contributed by atoms with van der Waals surface area (Å²) in [5.41, 5.74) is 1.91. The van der Waals surface area contributed by atoms with Gasteiger partial charge in [0.1, 0.15) is 6.07 Å². The van der Waals surface area contributed by atoms with E-state index < -0.39 is 0 Å². The minimum absolute atomic E-state index is 0.592. The Morgan fingerprint density at radius 1 is 1.38 bits per heavy atom. The maximum Gasteiger partial charge on any atom is 0.101 e. The number of nitrogens with zero attached hydrogens (tertiary/aromatic N) is 2. The Morgan fingerprint density at radius 2 is 2.12 bits per heavy atom. The van der Waals surface area contributed by atoms with Gasteiger partial charge in [0.05, 0.1) is 11.3 Å². The van der Waals surface area contributed by atoms with Gasteiger partial charge >= 0.3 is 0 Å². The maximum atomic E-state index is 9.13. The molecule has 0 aliphatic carbocycles. The lowest BCUT2D eigenvalue weighted by atomic mass is 10.0. The van der Waals surface area contributed by atoms with E-state index in [9.17, 15) is 0 Å². The van der Waals surface area contributed by atoms with Gasteiger partial charge in [-0.1, -0.05) is 26.0 Å². The standard InChI is InChI=1S/C14H18N2/c1-11(2)13-8-5-9-16(13)14-7-4-3-6-12(14)10-15/h3-4,6-7,11,13H,5,8-9H2,1-2H3. The van der Waals surface area contributed by atoms with Gasteiger partial charge in [0, 0.05) is 12.6 Å². The van der Waals surface area contributed by atoms with E-state index in [4.69, 9.17) is 5.26 Å². The highest BCUT2D eigenvalue weighted by molar-refractivity contribution is 5.60. The molecule has 1 fully saturated rings. The Balaban J connectivity index is 2.33. The molecular weight excluding hydrogens is 196 g/mol. The highest BCUT2D eigenvalue weighted by atomic mass is 15.2. The van der Waals surface area contributed by atoms with E-state index in [1.807, 2.05) is 18.2 Å². The second kappa shape index (κ2) is 4.57. The highest BCUT2D eigenvalue weighted by Gasteiger charge is 2.28. The summed E-state index contributed by atoms with van der Waals surface area (Å²) >= 11 is 0. The number of benzene rings is 1. The molecule has 2 rings (SSSR count). The van der Waals surface area contributed by atoms with Crippen LogP contribution in [-0.4, -0.2) is 12.6 Å². The molecule has 0 spiro atoms. The Hall–Kier alpha value is -1.49. The Kier molecular flexibility index (Phi) is 3.14. The number of para-hydroxylation sites is 1. The molecule has 1 aromatic carbocycles. The molecule has 16 heavy (non-hydrogen) atoms. The summed E-state index contributed by atoms with van der Waals surface area (Å²) in [6.45, 7) is 5.61. The number of nitriles is 1. The Morgan fingerprint density at radius 3 is 2.81 bits per heavy atom. The molecule has 1 aliphatic heterocycles. The molecule has 2 nitrogen and oxygen atoms in total. The van der Waals surface area contributed by atoms with E-state index in [2.05, 4.69) is 30.9 Å². The van der Waals surface area contributed by atoms with Crippen molar-refractivity contribution in [3.63, 3.8) is 0 Å². The highest BCUT2D eigenvalue weighted by Crippen LogP contribution is 2.31. The van der Waals surface area contributed by atoms with Crippen LogP contribution < -0.4 is 4.90 Å². The van der Waals surface area contributed by atoms with Crippen LogP contribution in [0.2, 0.25) is 0 Å². The number of hydrogen-bond donors (Lipinski definition) is 0. The van der Waals surface area contributed by atoms with Gasteiger partial charge < -0.3 is 4.90 Å². The molecule has 1 aromatic rings. The minimum Gasteiger partial charge on any atom is -0.367 e. The summed E-state index contributed by atoms with van der Waals surface area (Å²) in [6.07, 6.45) is 2.49. The molecule has 0 amide bonds. The molecule has 84 valence electrons. The van der Waals surface area contributed by atoms with Gasteiger partial charge in [-0.05, 0) is 30.9 Å². The second-order valence-corrected chi connectivity index (χ2v) is 4.78. The molecule has 1 saturated heterocycles.